The monoisotopic (exact) mass is 417 g/mol. The van der Waals surface area contributed by atoms with Gasteiger partial charge in [0.2, 0.25) is 15.9 Å². The lowest BCUT2D eigenvalue weighted by Gasteiger charge is -2.34. The Kier molecular flexibility index (Phi) is 4.96. The first-order chi connectivity index (χ1) is 13.4. The number of amides is 1. The van der Waals surface area contributed by atoms with Crippen LogP contribution in [0.25, 0.3) is 0 Å². The molecule has 1 aliphatic rings. The molecule has 2 aromatic carbocycles. The van der Waals surface area contributed by atoms with E-state index in [1.165, 1.54) is 27.8 Å². The van der Waals surface area contributed by atoms with Crippen molar-refractivity contribution >= 4 is 32.4 Å². The van der Waals surface area contributed by atoms with E-state index in [2.05, 4.69) is 10.3 Å². The molecule has 0 spiro atoms. The Labute approximate surface area is 165 Å². The summed E-state index contributed by atoms with van der Waals surface area (Å²) in [4.78, 5) is 16.9. The van der Waals surface area contributed by atoms with Gasteiger partial charge in [-0.05, 0) is 41.8 Å². The highest BCUT2D eigenvalue weighted by atomic mass is 32.2. The van der Waals surface area contributed by atoms with Gasteiger partial charge >= 0.3 is 0 Å². The van der Waals surface area contributed by atoms with Crippen LogP contribution in [0.3, 0.4) is 0 Å². The zero-order valence-electron chi connectivity index (χ0n) is 14.6. The highest BCUT2D eigenvalue weighted by Gasteiger charge is 2.39. The Hall–Kier alpha value is -2.62. The number of benzene rings is 2. The minimum atomic E-state index is -4.01. The lowest BCUT2D eigenvalue weighted by Crippen LogP contribution is -2.50. The molecule has 1 aliphatic heterocycles. The van der Waals surface area contributed by atoms with Crippen LogP contribution in [0.1, 0.15) is 11.1 Å². The molecule has 0 fully saturated rings. The minimum Gasteiger partial charge on any atom is -0.301 e. The third-order valence-electron chi connectivity index (χ3n) is 4.59. The molecule has 1 atom stereocenters. The van der Waals surface area contributed by atoms with Crippen LogP contribution in [-0.2, 0) is 27.8 Å². The van der Waals surface area contributed by atoms with E-state index in [9.17, 15) is 17.6 Å². The molecule has 9 heteroatoms. The normalized spacial score (nSPS) is 17.1. The maximum atomic E-state index is 13.3. The van der Waals surface area contributed by atoms with E-state index in [0.29, 0.717) is 5.13 Å². The largest absolute Gasteiger partial charge is 0.301 e. The average Bonchev–Trinajstić information content (AvgIpc) is 3.20. The summed E-state index contributed by atoms with van der Waals surface area (Å²) in [5, 5.41) is 4.81. The van der Waals surface area contributed by atoms with Crippen molar-refractivity contribution in [3.63, 3.8) is 0 Å². The van der Waals surface area contributed by atoms with Gasteiger partial charge in [-0.2, -0.15) is 4.31 Å². The van der Waals surface area contributed by atoms with Gasteiger partial charge in [-0.25, -0.2) is 17.8 Å². The Morgan fingerprint density at radius 2 is 1.86 bits per heavy atom. The predicted molar refractivity (Wildman–Crippen MR) is 104 cm³/mol. The molecular formula is C19H16FN3O3S2. The number of aromatic nitrogens is 1. The number of rotatable bonds is 4. The lowest BCUT2D eigenvalue weighted by atomic mass is 9.95. The number of hydrogen-bond donors (Lipinski definition) is 1. The molecule has 6 nitrogen and oxygen atoms in total. The summed E-state index contributed by atoms with van der Waals surface area (Å²) in [5.41, 5.74) is 1.76. The third-order valence-corrected chi connectivity index (χ3v) is 7.15. The number of carbonyl (C=O) groups excluding carboxylic acids is 1. The second-order valence-electron chi connectivity index (χ2n) is 6.32. The molecular weight excluding hydrogens is 401 g/mol. The SMILES string of the molecule is O=C(Nc1nccs1)[C@@H]1Cc2ccccc2CN1S(=O)(=O)c1ccc(F)cc1. The first kappa shape index (κ1) is 18.7. The number of carbonyl (C=O) groups is 1. The first-order valence-corrected chi connectivity index (χ1v) is 10.8. The van der Waals surface area contributed by atoms with E-state index in [4.69, 9.17) is 0 Å². The van der Waals surface area contributed by atoms with Crippen LogP contribution in [0.15, 0.2) is 65.0 Å². The Morgan fingerprint density at radius 1 is 1.14 bits per heavy atom. The van der Waals surface area contributed by atoms with E-state index >= 15 is 0 Å². The molecule has 28 heavy (non-hydrogen) atoms. The van der Waals surface area contributed by atoms with Crippen LogP contribution in [0, 0.1) is 5.82 Å². The summed E-state index contributed by atoms with van der Waals surface area (Å²) in [5.74, 6) is -0.976. The van der Waals surface area contributed by atoms with Gasteiger partial charge in [-0.15, -0.1) is 11.3 Å². The van der Waals surface area contributed by atoms with Gasteiger partial charge in [-0.1, -0.05) is 24.3 Å². The number of anilines is 1. The highest BCUT2D eigenvalue weighted by molar-refractivity contribution is 7.89. The maximum Gasteiger partial charge on any atom is 0.244 e. The van der Waals surface area contributed by atoms with Gasteiger partial charge in [0.05, 0.1) is 4.90 Å². The molecule has 1 amide bonds. The summed E-state index contributed by atoms with van der Waals surface area (Å²) in [6.07, 6.45) is 1.80. The predicted octanol–water partition coefficient (Wildman–Crippen LogP) is 3.04. The fourth-order valence-electron chi connectivity index (χ4n) is 3.19. The van der Waals surface area contributed by atoms with Gasteiger partial charge in [0.15, 0.2) is 5.13 Å². The summed E-state index contributed by atoms with van der Waals surface area (Å²) in [6.45, 7) is 0.0613. The average molecular weight is 417 g/mol. The number of hydrogen-bond acceptors (Lipinski definition) is 5. The van der Waals surface area contributed by atoms with Crippen LogP contribution in [0.2, 0.25) is 0 Å². The number of thiazole rings is 1. The molecule has 0 bridgehead atoms. The maximum absolute atomic E-state index is 13.3. The zero-order chi connectivity index (χ0) is 19.7. The second kappa shape index (κ2) is 7.42. The number of halogens is 1. The Bertz CT molecular complexity index is 1100. The fourth-order valence-corrected chi connectivity index (χ4v) is 5.29. The van der Waals surface area contributed by atoms with E-state index in [0.717, 1.165) is 23.3 Å². The van der Waals surface area contributed by atoms with Crippen molar-refractivity contribution in [3.05, 3.63) is 77.1 Å². The van der Waals surface area contributed by atoms with Crippen molar-refractivity contribution in [2.24, 2.45) is 0 Å². The standard InChI is InChI=1S/C19H16FN3O3S2/c20-15-5-7-16(8-6-15)28(25,26)23-12-14-4-2-1-3-13(14)11-17(23)18(24)22-19-21-9-10-27-19/h1-10,17H,11-12H2,(H,21,22,24)/t17-/m0/s1. The summed E-state index contributed by atoms with van der Waals surface area (Å²) >= 11 is 1.25. The lowest BCUT2D eigenvalue weighted by molar-refractivity contribution is -0.120. The molecule has 0 saturated heterocycles. The van der Waals surface area contributed by atoms with Gasteiger partial charge in [0.25, 0.3) is 0 Å². The smallest absolute Gasteiger partial charge is 0.244 e. The quantitative estimate of drug-likeness (QED) is 0.708. The van der Waals surface area contributed by atoms with E-state index in [-0.39, 0.29) is 17.9 Å². The van der Waals surface area contributed by atoms with E-state index in [1.54, 1.807) is 11.6 Å². The highest BCUT2D eigenvalue weighted by Crippen LogP contribution is 2.30. The fraction of sp³-hybridized carbons (Fsp3) is 0.158. The Morgan fingerprint density at radius 3 is 2.54 bits per heavy atom. The molecule has 2 heterocycles. The van der Waals surface area contributed by atoms with E-state index < -0.39 is 27.8 Å². The molecule has 0 unspecified atom stereocenters. The van der Waals surface area contributed by atoms with Crippen molar-refractivity contribution in [1.29, 1.82) is 0 Å². The van der Waals surface area contributed by atoms with Gasteiger partial charge in [0.1, 0.15) is 11.9 Å². The van der Waals surface area contributed by atoms with Gasteiger partial charge < -0.3 is 5.32 Å². The van der Waals surface area contributed by atoms with Crippen LogP contribution in [-0.4, -0.2) is 29.7 Å². The first-order valence-electron chi connectivity index (χ1n) is 8.50. The summed E-state index contributed by atoms with van der Waals surface area (Å²) in [7, 11) is -4.01. The molecule has 144 valence electrons. The van der Waals surface area contributed by atoms with Crippen molar-refractivity contribution < 1.29 is 17.6 Å². The summed E-state index contributed by atoms with van der Waals surface area (Å²) < 4.78 is 40.9. The number of nitrogens with one attached hydrogen (secondary N) is 1. The zero-order valence-corrected chi connectivity index (χ0v) is 16.2. The molecule has 0 saturated carbocycles. The van der Waals surface area contributed by atoms with Crippen molar-refractivity contribution in [3.8, 4) is 0 Å². The summed E-state index contributed by atoms with van der Waals surface area (Å²) in [6, 6.07) is 11.1. The van der Waals surface area contributed by atoms with Crippen LogP contribution in [0.4, 0.5) is 9.52 Å². The van der Waals surface area contributed by atoms with E-state index in [1.807, 2.05) is 24.3 Å². The van der Waals surface area contributed by atoms with Crippen molar-refractivity contribution in [1.82, 2.24) is 9.29 Å². The molecule has 1 aromatic heterocycles. The topological polar surface area (TPSA) is 79.4 Å². The molecule has 0 aliphatic carbocycles. The number of sulfonamides is 1. The molecule has 3 aromatic rings. The van der Waals surface area contributed by atoms with Crippen LogP contribution in [0.5, 0.6) is 0 Å². The van der Waals surface area contributed by atoms with Crippen LogP contribution >= 0.6 is 11.3 Å². The third kappa shape index (κ3) is 3.56. The second-order valence-corrected chi connectivity index (χ2v) is 9.10. The van der Waals surface area contributed by atoms with Crippen LogP contribution < -0.4 is 5.32 Å². The van der Waals surface area contributed by atoms with Crippen molar-refractivity contribution in [2.75, 3.05) is 5.32 Å². The molecule has 1 N–H and O–H groups in total. The number of fused-ring (bicyclic) bond motifs is 1. The number of nitrogens with zero attached hydrogens (tertiary/aromatic N) is 2. The minimum absolute atomic E-state index is 0.0553. The van der Waals surface area contributed by atoms with Gasteiger partial charge in [-0.3, -0.25) is 4.79 Å². The Balaban J connectivity index is 1.72. The molecule has 0 radical (unpaired) electrons. The van der Waals surface area contributed by atoms with Crippen molar-refractivity contribution in [2.45, 2.75) is 23.9 Å². The molecule has 4 rings (SSSR count). The van der Waals surface area contributed by atoms with Gasteiger partial charge in [0, 0.05) is 18.1 Å².